The Balaban J connectivity index is 2.54. The molecule has 1 aromatic heterocycles. The van der Waals surface area contributed by atoms with E-state index in [1.165, 1.54) is 11.5 Å². The van der Waals surface area contributed by atoms with Crippen LogP contribution in [0.3, 0.4) is 0 Å². The Hall–Kier alpha value is -0.620. The zero-order valence-electron chi connectivity index (χ0n) is 7.77. The van der Waals surface area contributed by atoms with Gasteiger partial charge in [0.1, 0.15) is 5.01 Å². The average Bonchev–Trinajstić information content (AvgIpc) is 2.49. The summed E-state index contributed by atoms with van der Waals surface area (Å²) in [4.78, 5) is 17.1. The number of carbonyl (C=O) groups is 1. The fraction of sp³-hybridized carbons (Fsp3) is 0.571. The van der Waals surface area contributed by atoms with Gasteiger partial charge in [0.15, 0.2) is 0 Å². The summed E-state index contributed by atoms with van der Waals surface area (Å²) in [7, 11) is 1.76. The summed E-state index contributed by atoms with van der Waals surface area (Å²) in [5.41, 5.74) is 0. The van der Waals surface area contributed by atoms with Crippen LogP contribution in [-0.4, -0.2) is 33.1 Å². The van der Waals surface area contributed by atoms with Crippen LogP contribution < -0.4 is 0 Å². The number of amides is 1. The quantitative estimate of drug-likeness (QED) is 0.711. The third-order valence-corrected chi connectivity index (χ3v) is 3.06. The first-order chi connectivity index (χ1) is 6.13. The molecule has 0 aromatic carbocycles. The second-order valence-electron chi connectivity index (χ2n) is 2.48. The van der Waals surface area contributed by atoms with Gasteiger partial charge in [-0.05, 0) is 25.4 Å². The van der Waals surface area contributed by atoms with Gasteiger partial charge < -0.3 is 4.90 Å². The Morgan fingerprint density at radius 1 is 1.69 bits per heavy atom. The Morgan fingerprint density at radius 2 is 2.38 bits per heavy atom. The summed E-state index contributed by atoms with van der Waals surface area (Å²) < 4.78 is 4.02. The Morgan fingerprint density at radius 3 is 2.85 bits per heavy atom. The van der Waals surface area contributed by atoms with Crippen molar-refractivity contribution in [3.63, 3.8) is 0 Å². The highest BCUT2D eigenvalue weighted by Crippen LogP contribution is 2.18. The van der Waals surface area contributed by atoms with Crippen molar-refractivity contribution < 1.29 is 4.79 Å². The van der Waals surface area contributed by atoms with Gasteiger partial charge in [-0.2, -0.15) is 4.37 Å². The van der Waals surface area contributed by atoms with Crippen LogP contribution in [0, 0.1) is 6.92 Å². The minimum atomic E-state index is -0.0136. The standard InChI is InChI=1S/C7H11N3OS2/c1-4-10(3)7(11)12-6-8-5(2)13-9-6/h4H2,1-3H3. The van der Waals surface area contributed by atoms with Crippen LogP contribution in [0.2, 0.25) is 0 Å². The van der Waals surface area contributed by atoms with E-state index in [0.717, 1.165) is 16.8 Å². The van der Waals surface area contributed by atoms with Gasteiger partial charge >= 0.3 is 0 Å². The zero-order valence-corrected chi connectivity index (χ0v) is 9.41. The number of rotatable bonds is 2. The molecule has 13 heavy (non-hydrogen) atoms. The molecule has 0 aliphatic heterocycles. The van der Waals surface area contributed by atoms with Gasteiger partial charge in [-0.15, -0.1) is 0 Å². The molecule has 1 rings (SSSR count). The van der Waals surface area contributed by atoms with Crippen molar-refractivity contribution in [1.82, 2.24) is 14.3 Å². The van der Waals surface area contributed by atoms with Crippen LogP contribution in [-0.2, 0) is 0 Å². The van der Waals surface area contributed by atoms with Gasteiger partial charge in [0.2, 0.25) is 5.16 Å². The minimum absolute atomic E-state index is 0.0136. The number of hydrogen-bond acceptors (Lipinski definition) is 5. The number of nitrogens with zero attached hydrogens (tertiary/aromatic N) is 3. The van der Waals surface area contributed by atoms with E-state index in [-0.39, 0.29) is 5.24 Å². The number of aromatic nitrogens is 2. The lowest BCUT2D eigenvalue weighted by Crippen LogP contribution is -2.21. The molecule has 0 N–H and O–H groups in total. The summed E-state index contributed by atoms with van der Waals surface area (Å²) in [5.74, 6) is 0. The van der Waals surface area contributed by atoms with Crippen LogP contribution in [0.1, 0.15) is 11.9 Å². The number of hydrogen-bond donors (Lipinski definition) is 0. The molecule has 0 atom stereocenters. The van der Waals surface area contributed by atoms with Gasteiger partial charge in [0.05, 0.1) is 0 Å². The van der Waals surface area contributed by atoms with Crippen LogP contribution in [0.25, 0.3) is 0 Å². The summed E-state index contributed by atoms with van der Waals surface area (Å²) in [6, 6.07) is 0. The second kappa shape index (κ2) is 4.57. The van der Waals surface area contributed by atoms with Crippen molar-refractivity contribution in [1.29, 1.82) is 0 Å². The number of carbonyl (C=O) groups excluding carboxylic acids is 1. The summed E-state index contributed by atoms with van der Waals surface area (Å²) in [6.07, 6.45) is 0. The Labute approximate surface area is 85.5 Å². The number of thioether (sulfide) groups is 1. The molecular formula is C7H11N3OS2. The van der Waals surface area contributed by atoms with E-state index in [9.17, 15) is 4.79 Å². The third-order valence-electron chi connectivity index (χ3n) is 1.47. The normalized spacial score (nSPS) is 10.1. The van der Waals surface area contributed by atoms with Crippen molar-refractivity contribution in [3.8, 4) is 0 Å². The zero-order chi connectivity index (χ0) is 9.84. The van der Waals surface area contributed by atoms with Gasteiger partial charge in [-0.3, -0.25) is 4.79 Å². The molecular weight excluding hydrogens is 206 g/mol. The molecule has 0 radical (unpaired) electrons. The maximum atomic E-state index is 11.4. The lowest BCUT2D eigenvalue weighted by Gasteiger charge is -2.11. The second-order valence-corrected chi connectivity index (χ2v) is 4.35. The minimum Gasteiger partial charge on any atom is -0.337 e. The Bertz CT molecular complexity index is 300. The van der Waals surface area contributed by atoms with E-state index in [1.807, 2.05) is 13.8 Å². The predicted octanol–water partition coefficient (Wildman–Crippen LogP) is 2.01. The van der Waals surface area contributed by atoms with Gasteiger partial charge in [0.25, 0.3) is 5.24 Å². The first-order valence-electron chi connectivity index (χ1n) is 3.86. The summed E-state index contributed by atoms with van der Waals surface area (Å²) in [5, 5.41) is 1.42. The molecule has 0 saturated heterocycles. The molecule has 0 fully saturated rings. The van der Waals surface area contributed by atoms with Crippen molar-refractivity contribution in [2.24, 2.45) is 0 Å². The van der Waals surface area contributed by atoms with Crippen molar-refractivity contribution in [2.75, 3.05) is 13.6 Å². The molecule has 1 aromatic rings. The molecule has 1 heterocycles. The monoisotopic (exact) mass is 217 g/mol. The summed E-state index contributed by atoms with van der Waals surface area (Å²) in [6.45, 7) is 4.50. The highest BCUT2D eigenvalue weighted by atomic mass is 32.2. The van der Waals surface area contributed by atoms with E-state index >= 15 is 0 Å². The van der Waals surface area contributed by atoms with E-state index in [2.05, 4.69) is 9.36 Å². The van der Waals surface area contributed by atoms with Crippen molar-refractivity contribution in [3.05, 3.63) is 5.01 Å². The third kappa shape index (κ3) is 2.96. The van der Waals surface area contributed by atoms with Crippen LogP contribution in [0.4, 0.5) is 4.79 Å². The van der Waals surface area contributed by atoms with Gasteiger partial charge in [-0.1, -0.05) is 0 Å². The molecule has 0 saturated carbocycles. The molecule has 0 aliphatic rings. The largest absolute Gasteiger partial charge is 0.337 e. The molecule has 4 nitrogen and oxygen atoms in total. The molecule has 0 bridgehead atoms. The molecule has 6 heteroatoms. The fourth-order valence-electron chi connectivity index (χ4n) is 0.607. The SMILES string of the molecule is CCN(C)C(=O)Sc1nsc(C)n1. The van der Waals surface area contributed by atoms with Crippen LogP contribution in [0.15, 0.2) is 5.16 Å². The average molecular weight is 217 g/mol. The first-order valence-corrected chi connectivity index (χ1v) is 5.45. The Kier molecular flexibility index (Phi) is 3.68. The van der Waals surface area contributed by atoms with Gasteiger partial charge in [0, 0.05) is 25.4 Å². The van der Waals surface area contributed by atoms with Crippen molar-refractivity contribution >= 4 is 28.5 Å². The highest BCUT2D eigenvalue weighted by molar-refractivity contribution is 8.13. The predicted molar refractivity (Wildman–Crippen MR) is 54.2 cm³/mol. The lowest BCUT2D eigenvalue weighted by atomic mass is 10.7. The maximum absolute atomic E-state index is 11.4. The highest BCUT2D eigenvalue weighted by Gasteiger charge is 2.11. The molecule has 1 amide bonds. The fourth-order valence-corrected chi connectivity index (χ4v) is 1.93. The maximum Gasteiger partial charge on any atom is 0.289 e. The van der Waals surface area contributed by atoms with E-state index < -0.39 is 0 Å². The molecule has 0 aliphatic carbocycles. The smallest absolute Gasteiger partial charge is 0.289 e. The van der Waals surface area contributed by atoms with Crippen LogP contribution >= 0.6 is 23.3 Å². The number of aryl methyl sites for hydroxylation is 1. The first kappa shape index (κ1) is 10.5. The van der Waals surface area contributed by atoms with E-state index in [0.29, 0.717) is 11.7 Å². The molecule has 0 spiro atoms. The van der Waals surface area contributed by atoms with Crippen LogP contribution in [0.5, 0.6) is 0 Å². The summed E-state index contributed by atoms with van der Waals surface area (Å²) >= 11 is 2.39. The van der Waals surface area contributed by atoms with Crippen molar-refractivity contribution in [2.45, 2.75) is 19.0 Å². The van der Waals surface area contributed by atoms with Gasteiger partial charge in [-0.25, -0.2) is 4.98 Å². The molecule has 0 unspecified atom stereocenters. The topological polar surface area (TPSA) is 46.1 Å². The molecule has 72 valence electrons. The van der Waals surface area contributed by atoms with E-state index in [1.54, 1.807) is 11.9 Å². The lowest BCUT2D eigenvalue weighted by molar-refractivity contribution is 0.235. The van der Waals surface area contributed by atoms with E-state index in [4.69, 9.17) is 0 Å².